The van der Waals surface area contributed by atoms with Crippen molar-refractivity contribution in [2.45, 2.75) is 25.4 Å². The van der Waals surface area contributed by atoms with Crippen LogP contribution in [-0.2, 0) is 19.8 Å². The predicted octanol–water partition coefficient (Wildman–Crippen LogP) is 0.967. The third kappa shape index (κ3) is 3.40. The maximum Gasteiger partial charge on any atom is 0.309 e. The lowest BCUT2D eigenvalue weighted by Gasteiger charge is -2.38. The zero-order valence-corrected chi connectivity index (χ0v) is 9.02. The highest BCUT2D eigenvalue weighted by Crippen LogP contribution is 2.43. The minimum absolute atomic E-state index is 0.191. The fraction of sp³-hybridized carbons (Fsp3) is 0.875. The average molecular weight is 242 g/mol. The molecule has 1 rings (SSSR count). The van der Waals surface area contributed by atoms with Gasteiger partial charge in [-0.15, -0.1) is 3.89 Å². The van der Waals surface area contributed by atoms with Crippen LogP contribution < -0.4 is 0 Å². The number of hydrogen-bond acceptors (Lipinski definition) is 4. The van der Waals surface area contributed by atoms with Gasteiger partial charge >= 0.3 is 16.2 Å². The predicted molar refractivity (Wildman–Crippen MR) is 48.1 cm³/mol. The zero-order chi connectivity index (χ0) is 11.7. The van der Waals surface area contributed by atoms with Crippen molar-refractivity contribution in [1.82, 2.24) is 0 Å². The monoisotopic (exact) mass is 242 g/mol. The first-order chi connectivity index (χ1) is 6.76. The van der Waals surface area contributed by atoms with Crippen molar-refractivity contribution in [3.8, 4) is 0 Å². The number of carbonyl (C=O) groups excluding carboxylic acids is 1. The van der Waals surface area contributed by atoms with Crippen molar-refractivity contribution >= 4 is 16.2 Å². The summed E-state index contributed by atoms with van der Waals surface area (Å²) in [6.45, 7) is 1.81. The summed E-state index contributed by atoms with van der Waals surface area (Å²) < 4.78 is 50.7. The molecule has 0 amide bonds. The number of hydrogen-bond donors (Lipinski definition) is 0. The second-order valence-electron chi connectivity index (χ2n) is 3.69. The lowest BCUT2D eigenvalue weighted by molar-refractivity contribution is -0.156. The maximum atomic E-state index is 13.4. The SMILES string of the molecule is CCOC(=O)C1CC(F)(CS(=O)(=O)F)C1. The molecule has 0 radical (unpaired) electrons. The molecule has 0 spiro atoms. The fourth-order valence-corrected chi connectivity index (χ4v) is 2.53. The molecular formula is C8H12F2O4S. The summed E-state index contributed by atoms with van der Waals surface area (Å²) in [5.41, 5.74) is -2.11. The minimum atomic E-state index is -4.83. The molecule has 0 aromatic rings. The van der Waals surface area contributed by atoms with E-state index in [1.165, 1.54) is 0 Å². The number of halogens is 2. The first-order valence-electron chi connectivity index (χ1n) is 4.54. The van der Waals surface area contributed by atoms with Gasteiger partial charge in [-0.25, -0.2) is 4.39 Å². The molecule has 0 aromatic carbocycles. The van der Waals surface area contributed by atoms with Gasteiger partial charge in [-0.05, 0) is 19.8 Å². The largest absolute Gasteiger partial charge is 0.466 e. The molecule has 1 aliphatic carbocycles. The van der Waals surface area contributed by atoms with E-state index in [4.69, 9.17) is 0 Å². The number of alkyl halides is 1. The summed E-state index contributed by atoms with van der Waals surface area (Å²) >= 11 is 0. The highest BCUT2D eigenvalue weighted by atomic mass is 32.3. The van der Waals surface area contributed by atoms with E-state index in [1.807, 2.05) is 0 Å². The Labute approximate surface area is 86.8 Å². The molecule has 1 saturated carbocycles. The Bertz CT molecular complexity index is 346. The molecule has 1 aliphatic rings. The Morgan fingerprint density at radius 1 is 1.53 bits per heavy atom. The molecule has 15 heavy (non-hydrogen) atoms. The third-order valence-corrected chi connectivity index (χ3v) is 3.14. The molecule has 0 bridgehead atoms. The first kappa shape index (κ1) is 12.4. The van der Waals surface area contributed by atoms with Crippen molar-refractivity contribution in [2.24, 2.45) is 5.92 Å². The van der Waals surface area contributed by atoms with E-state index in [-0.39, 0.29) is 19.4 Å². The van der Waals surface area contributed by atoms with Gasteiger partial charge in [0.05, 0.1) is 12.5 Å². The molecular weight excluding hydrogens is 230 g/mol. The second kappa shape index (κ2) is 4.03. The van der Waals surface area contributed by atoms with E-state index >= 15 is 0 Å². The molecule has 0 aromatic heterocycles. The molecule has 4 nitrogen and oxygen atoms in total. The molecule has 0 N–H and O–H groups in total. The van der Waals surface area contributed by atoms with Crippen LogP contribution >= 0.6 is 0 Å². The maximum absolute atomic E-state index is 13.4. The van der Waals surface area contributed by atoms with E-state index < -0.39 is 33.5 Å². The fourth-order valence-electron chi connectivity index (χ4n) is 1.68. The van der Waals surface area contributed by atoms with Crippen LogP contribution in [0.25, 0.3) is 0 Å². The molecule has 0 saturated heterocycles. The summed E-state index contributed by atoms with van der Waals surface area (Å²) in [5.74, 6) is -2.37. The van der Waals surface area contributed by atoms with Crippen LogP contribution in [0.2, 0.25) is 0 Å². The highest BCUT2D eigenvalue weighted by Gasteiger charge is 2.51. The van der Waals surface area contributed by atoms with Crippen LogP contribution in [-0.4, -0.2) is 32.4 Å². The van der Waals surface area contributed by atoms with Crippen LogP contribution in [0.1, 0.15) is 19.8 Å². The van der Waals surface area contributed by atoms with Crippen LogP contribution in [0.3, 0.4) is 0 Å². The molecule has 0 unspecified atom stereocenters. The Kier molecular flexibility index (Phi) is 3.32. The summed E-state index contributed by atoms with van der Waals surface area (Å²) in [6.07, 6.45) is -0.566. The Balaban J connectivity index is 2.45. The number of ether oxygens (including phenoxy) is 1. The molecule has 0 aliphatic heterocycles. The summed E-state index contributed by atoms with van der Waals surface area (Å²) in [5, 5.41) is 0. The summed E-state index contributed by atoms with van der Waals surface area (Å²) in [7, 11) is -4.83. The lowest BCUT2D eigenvalue weighted by Crippen LogP contribution is -2.48. The highest BCUT2D eigenvalue weighted by molar-refractivity contribution is 7.86. The van der Waals surface area contributed by atoms with Gasteiger partial charge in [-0.1, -0.05) is 0 Å². The van der Waals surface area contributed by atoms with Gasteiger partial charge in [0.15, 0.2) is 0 Å². The Morgan fingerprint density at radius 2 is 2.07 bits per heavy atom. The Morgan fingerprint density at radius 3 is 2.47 bits per heavy atom. The lowest BCUT2D eigenvalue weighted by atomic mass is 9.73. The molecule has 7 heteroatoms. The zero-order valence-electron chi connectivity index (χ0n) is 8.20. The van der Waals surface area contributed by atoms with Crippen LogP contribution in [0, 0.1) is 5.92 Å². The molecule has 0 atom stereocenters. The van der Waals surface area contributed by atoms with E-state index in [9.17, 15) is 21.5 Å². The van der Waals surface area contributed by atoms with Gasteiger partial charge in [0.2, 0.25) is 0 Å². The van der Waals surface area contributed by atoms with Gasteiger partial charge in [0, 0.05) is 0 Å². The summed E-state index contributed by atoms with van der Waals surface area (Å²) in [6, 6.07) is 0. The normalized spacial score (nSPS) is 30.7. The quantitative estimate of drug-likeness (QED) is 0.544. The van der Waals surface area contributed by atoms with E-state index in [0.717, 1.165) is 0 Å². The van der Waals surface area contributed by atoms with Gasteiger partial charge < -0.3 is 4.74 Å². The Hall–Kier alpha value is -0.720. The number of rotatable bonds is 4. The summed E-state index contributed by atoms with van der Waals surface area (Å²) in [4.78, 5) is 11.0. The average Bonchev–Trinajstić information content (AvgIpc) is 1.96. The van der Waals surface area contributed by atoms with E-state index in [1.54, 1.807) is 6.92 Å². The third-order valence-electron chi connectivity index (χ3n) is 2.28. The van der Waals surface area contributed by atoms with Crippen LogP contribution in [0.5, 0.6) is 0 Å². The van der Waals surface area contributed by atoms with E-state index in [2.05, 4.69) is 4.74 Å². The first-order valence-corrected chi connectivity index (χ1v) is 6.09. The standard InChI is InChI=1S/C8H12F2O4S/c1-2-14-7(11)6-3-8(9,4-6)5-15(10,12)13/h6H,2-5H2,1H3. The van der Waals surface area contributed by atoms with Gasteiger partial charge in [0.25, 0.3) is 0 Å². The van der Waals surface area contributed by atoms with Gasteiger partial charge in [0.1, 0.15) is 11.4 Å². The van der Waals surface area contributed by atoms with Crippen LogP contribution in [0.15, 0.2) is 0 Å². The van der Waals surface area contributed by atoms with E-state index in [0.29, 0.717) is 0 Å². The van der Waals surface area contributed by atoms with Gasteiger partial charge in [-0.3, -0.25) is 4.79 Å². The number of esters is 1. The van der Waals surface area contributed by atoms with Crippen molar-refractivity contribution in [2.75, 3.05) is 12.4 Å². The van der Waals surface area contributed by atoms with Crippen molar-refractivity contribution in [3.05, 3.63) is 0 Å². The van der Waals surface area contributed by atoms with Crippen molar-refractivity contribution < 1.29 is 26.2 Å². The minimum Gasteiger partial charge on any atom is -0.466 e. The second-order valence-corrected chi connectivity index (χ2v) is 5.06. The topological polar surface area (TPSA) is 60.4 Å². The van der Waals surface area contributed by atoms with Crippen molar-refractivity contribution in [3.63, 3.8) is 0 Å². The molecule has 1 fully saturated rings. The van der Waals surface area contributed by atoms with Crippen molar-refractivity contribution in [1.29, 1.82) is 0 Å². The molecule has 0 heterocycles. The number of carbonyl (C=O) groups is 1. The smallest absolute Gasteiger partial charge is 0.309 e. The molecule has 88 valence electrons. The van der Waals surface area contributed by atoms with Gasteiger partial charge in [-0.2, -0.15) is 8.42 Å². The van der Waals surface area contributed by atoms with Crippen LogP contribution in [0.4, 0.5) is 8.28 Å².